The van der Waals surface area contributed by atoms with E-state index in [1.165, 1.54) is 24.5 Å². The summed E-state index contributed by atoms with van der Waals surface area (Å²) >= 11 is 0. The van der Waals surface area contributed by atoms with Gasteiger partial charge in [-0.3, -0.25) is 4.98 Å². The molecule has 0 aliphatic rings. The Labute approximate surface area is 107 Å². The van der Waals surface area contributed by atoms with E-state index < -0.39 is 11.7 Å². The first-order chi connectivity index (χ1) is 9.02. The summed E-state index contributed by atoms with van der Waals surface area (Å²) in [6, 6.07) is 3.77. The van der Waals surface area contributed by atoms with Crippen LogP contribution in [0.3, 0.4) is 0 Å². The standard InChI is InChI=1S/C12H11F3N4/c13-12(14,15)10-2-1-5-17-11(10)8-6-9(3-4-16)19-18-7-8/h1-2,5-7H,3-4,16H2. The molecule has 2 heterocycles. The first kappa shape index (κ1) is 13.4. The Hall–Kier alpha value is -2.02. The van der Waals surface area contributed by atoms with Crippen molar-refractivity contribution in [3.8, 4) is 11.3 Å². The summed E-state index contributed by atoms with van der Waals surface area (Å²) < 4.78 is 38.7. The lowest BCUT2D eigenvalue weighted by Gasteiger charge is -2.11. The number of nitrogens with two attached hydrogens (primary N) is 1. The Morgan fingerprint density at radius 2 is 2.05 bits per heavy atom. The summed E-state index contributed by atoms with van der Waals surface area (Å²) in [7, 11) is 0. The third-order valence-electron chi connectivity index (χ3n) is 2.49. The molecule has 2 aromatic heterocycles. The Kier molecular flexibility index (Phi) is 3.75. The molecule has 7 heteroatoms. The van der Waals surface area contributed by atoms with Crippen molar-refractivity contribution in [3.05, 3.63) is 41.9 Å². The highest BCUT2D eigenvalue weighted by Gasteiger charge is 2.34. The van der Waals surface area contributed by atoms with E-state index in [0.717, 1.165) is 6.07 Å². The van der Waals surface area contributed by atoms with Gasteiger partial charge in [-0.2, -0.15) is 23.4 Å². The van der Waals surface area contributed by atoms with Crippen LogP contribution in [0.25, 0.3) is 11.3 Å². The second-order valence-electron chi connectivity index (χ2n) is 3.87. The summed E-state index contributed by atoms with van der Waals surface area (Å²) in [6.07, 6.45) is -1.43. The smallest absolute Gasteiger partial charge is 0.330 e. The highest BCUT2D eigenvalue weighted by molar-refractivity contribution is 5.62. The summed E-state index contributed by atoms with van der Waals surface area (Å²) in [5.41, 5.74) is 5.27. The monoisotopic (exact) mass is 268 g/mol. The molecule has 2 aromatic rings. The van der Waals surface area contributed by atoms with Crippen LogP contribution in [-0.4, -0.2) is 21.7 Å². The molecule has 0 atom stereocenters. The van der Waals surface area contributed by atoms with Gasteiger partial charge in [0.1, 0.15) is 0 Å². The minimum Gasteiger partial charge on any atom is -0.330 e. The highest BCUT2D eigenvalue weighted by Crippen LogP contribution is 2.35. The summed E-state index contributed by atoms with van der Waals surface area (Å²) in [6.45, 7) is 0.354. The van der Waals surface area contributed by atoms with E-state index in [1.807, 2.05) is 0 Å². The van der Waals surface area contributed by atoms with E-state index in [9.17, 15) is 13.2 Å². The van der Waals surface area contributed by atoms with Crippen molar-refractivity contribution in [2.75, 3.05) is 6.54 Å². The molecule has 0 unspecified atom stereocenters. The normalized spacial score (nSPS) is 11.6. The van der Waals surface area contributed by atoms with Crippen molar-refractivity contribution in [3.63, 3.8) is 0 Å². The van der Waals surface area contributed by atoms with Crippen LogP contribution < -0.4 is 5.73 Å². The van der Waals surface area contributed by atoms with Crippen LogP contribution in [0.2, 0.25) is 0 Å². The van der Waals surface area contributed by atoms with Gasteiger partial charge < -0.3 is 5.73 Å². The van der Waals surface area contributed by atoms with Gasteiger partial charge in [-0.15, -0.1) is 0 Å². The van der Waals surface area contributed by atoms with Crippen molar-refractivity contribution < 1.29 is 13.2 Å². The van der Waals surface area contributed by atoms with Crippen molar-refractivity contribution in [1.29, 1.82) is 0 Å². The van der Waals surface area contributed by atoms with E-state index >= 15 is 0 Å². The molecule has 2 rings (SSSR count). The first-order valence-corrected chi connectivity index (χ1v) is 5.56. The minimum atomic E-state index is -4.46. The zero-order valence-corrected chi connectivity index (χ0v) is 9.85. The number of alkyl halides is 3. The molecule has 100 valence electrons. The molecule has 0 spiro atoms. The van der Waals surface area contributed by atoms with Crippen LogP contribution in [0.1, 0.15) is 11.3 Å². The number of hydrogen-bond acceptors (Lipinski definition) is 4. The van der Waals surface area contributed by atoms with Gasteiger partial charge in [-0.25, -0.2) is 0 Å². The fourth-order valence-electron chi connectivity index (χ4n) is 1.67. The molecule has 0 saturated carbocycles. The van der Waals surface area contributed by atoms with Gasteiger partial charge in [-0.1, -0.05) is 0 Å². The Morgan fingerprint density at radius 3 is 2.74 bits per heavy atom. The van der Waals surface area contributed by atoms with Gasteiger partial charge in [-0.05, 0) is 24.7 Å². The topological polar surface area (TPSA) is 64.7 Å². The van der Waals surface area contributed by atoms with Crippen molar-refractivity contribution >= 4 is 0 Å². The molecular formula is C12H11F3N4. The van der Waals surface area contributed by atoms with Crippen molar-refractivity contribution in [2.45, 2.75) is 12.6 Å². The lowest BCUT2D eigenvalue weighted by atomic mass is 10.1. The van der Waals surface area contributed by atoms with Gasteiger partial charge in [0.25, 0.3) is 0 Å². The average molecular weight is 268 g/mol. The van der Waals surface area contributed by atoms with Crippen LogP contribution in [-0.2, 0) is 12.6 Å². The largest absolute Gasteiger partial charge is 0.418 e. The molecule has 0 amide bonds. The molecule has 0 saturated heterocycles. The lowest BCUT2D eigenvalue weighted by Crippen LogP contribution is -2.09. The maximum Gasteiger partial charge on any atom is 0.418 e. The van der Waals surface area contributed by atoms with Gasteiger partial charge >= 0.3 is 6.18 Å². The van der Waals surface area contributed by atoms with Crippen molar-refractivity contribution in [1.82, 2.24) is 15.2 Å². The van der Waals surface area contributed by atoms with E-state index in [-0.39, 0.29) is 11.3 Å². The van der Waals surface area contributed by atoms with Gasteiger partial charge in [0.05, 0.1) is 23.1 Å². The molecule has 0 bridgehead atoms. The van der Waals surface area contributed by atoms with Crippen molar-refractivity contribution in [2.24, 2.45) is 5.73 Å². The number of aromatic nitrogens is 3. The maximum atomic E-state index is 12.9. The van der Waals surface area contributed by atoms with Gasteiger partial charge in [0.15, 0.2) is 0 Å². The number of nitrogens with zero attached hydrogens (tertiary/aromatic N) is 3. The Bertz CT molecular complexity index is 569. The zero-order chi connectivity index (χ0) is 13.9. The summed E-state index contributed by atoms with van der Waals surface area (Å²) in [4.78, 5) is 3.80. The molecule has 19 heavy (non-hydrogen) atoms. The molecule has 4 nitrogen and oxygen atoms in total. The molecule has 2 N–H and O–H groups in total. The average Bonchev–Trinajstić information content (AvgIpc) is 2.38. The third-order valence-corrected chi connectivity index (χ3v) is 2.49. The SMILES string of the molecule is NCCc1cc(-c2ncccc2C(F)(F)F)cnn1. The fourth-order valence-corrected chi connectivity index (χ4v) is 1.67. The zero-order valence-electron chi connectivity index (χ0n) is 9.85. The second kappa shape index (κ2) is 5.31. The Morgan fingerprint density at radius 1 is 1.26 bits per heavy atom. The summed E-state index contributed by atoms with van der Waals surface area (Å²) in [5.74, 6) is 0. The van der Waals surface area contributed by atoms with E-state index in [1.54, 1.807) is 0 Å². The van der Waals surface area contributed by atoms with E-state index in [0.29, 0.717) is 18.7 Å². The number of pyridine rings is 1. The number of hydrogen-bond donors (Lipinski definition) is 1. The first-order valence-electron chi connectivity index (χ1n) is 5.56. The molecule has 0 fully saturated rings. The Balaban J connectivity index is 2.50. The number of rotatable bonds is 3. The number of halogens is 3. The van der Waals surface area contributed by atoms with Gasteiger partial charge in [0, 0.05) is 18.2 Å². The predicted molar refractivity (Wildman–Crippen MR) is 63.0 cm³/mol. The van der Waals surface area contributed by atoms with Gasteiger partial charge in [0.2, 0.25) is 0 Å². The third kappa shape index (κ3) is 3.05. The molecule has 0 aliphatic carbocycles. The quantitative estimate of drug-likeness (QED) is 0.925. The van der Waals surface area contributed by atoms with E-state index in [4.69, 9.17) is 5.73 Å². The fraction of sp³-hybridized carbons (Fsp3) is 0.250. The van der Waals surface area contributed by atoms with Crippen LogP contribution >= 0.6 is 0 Å². The van der Waals surface area contributed by atoms with Crippen LogP contribution in [0.5, 0.6) is 0 Å². The predicted octanol–water partition coefficient (Wildman–Crippen LogP) is 2.06. The van der Waals surface area contributed by atoms with Crippen LogP contribution in [0.4, 0.5) is 13.2 Å². The highest BCUT2D eigenvalue weighted by atomic mass is 19.4. The molecule has 0 aliphatic heterocycles. The maximum absolute atomic E-state index is 12.9. The van der Waals surface area contributed by atoms with Crippen LogP contribution in [0.15, 0.2) is 30.6 Å². The lowest BCUT2D eigenvalue weighted by molar-refractivity contribution is -0.137. The minimum absolute atomic E-state index is 0.150. The molecule has 0 radical (unpaired) electrons. The molecule has 0 aromatic carbocycles. The second-order valence-corrected chi connectivity index (χ2v) is 3.87. The van der Waals surface area contributed by atoms with E-state index in [2.05, 4.69) is 15.2 Å². The summed E-state index contributed by atoms with van der Waals surface area (Å²) in [5, 5.41) is 7.50. The van der Waals surface area contributed by atoms with Crippen LogP contribution in [0, 0.1) is 0 Å². The molecular weight excluding hydrogens is 257 g/mol.